The monoisotopic (exact) mass is 286 g/mol. The molecular weight excluding hydrogens is 264 g/mol. The number of carbonyl (C=O) groups is 3. The molecule has 0 bridgehead atoms. The number of rotatable bonds is 6. The third-order valence-corrected chi connectivity index (χ3v) is 3.25. The maximum atomic E-state index is 12.1. The highest BCUT2D eigenvalue weighted by Gasteiger charge is 2.36. The van der Waals surface area contributed by atoms with Gasteiger partial charge in [0.2, 0.25) is 0 Å². The summed E-state index contributed by atoms with van der Waals surface area (Å²) < 4.78 is 4.93. The van der Waals surface area contributed by atoms with E-state index in [1.807, 2.05) is 6.92 Å². The fraction of sp³-hybridized carbons (Fsp3) is 0.769. The molecular formula is C13H22N2O5. The van der Waals surface area contributed by atoms with E-state index in [4.69, 9.17) is 9.84 Å². The Hall–Kier alpha value is -1.79. The average molecular weight is 286 g/mol. The van der Waals surface area contributed by atoms with E-state index < -0.39 is 30.1 Å². The lowest BCUT2D eigenvalue weighted by Crippen LogP contribution is -2.51. The molecule has 1 rings (SSSR count). The van der Waals surface area contributed by atoms with E-state index >= 15 is 0 Å². The summed E-state index contributed by atoms with van der Waals surface area (Å²) in [7, 11) is 0. The zero-order valence-electron chi connectivity index (χ0n) is 11.9. The molecule has 20 heavy (non-hydrogen) atoms. The number of esters is 1. The van der Waals surface area contributed by atoms with Crippen LogP contribution >= 0.6 is 0 Å². The fourth-order valence-corrected chi connectivity index (χ4v) is 2.27. The van der Waals surface area contributed by atoms with E-state index in [9.17, 15) is 14.4 Å². The average Bonchev–Trinajstić information content (AvgIpc) is 2.87. The van der Waals surface area contributed by atoms with Gasteiger partial charge in [0, 0.05) is 6.54 Å². The first-order chi connectivity index (χ1) is 9.51. The molecule has 1 aliphatic heterocycles. The Bertz CT molecular complexity index is 372. The van der Waals surface area contributed by atoms with E-state index in [2.05, 4.69) is 5.32 Å². The normalized spacial score (nSPS) is 19.5. The number of ether oxygens (including phenoxy) is 1. The van der Waals surface area contributed by atoms with Crippen LogP contribution in [0.3, 0.4) is 0 Å². The number of carboxylic acids is 1. The largest absolute Gasteiger partial charge is 0.480 e. The van der Waals surface area contributed by atoms with Crippen LogP contribution in [-0.4, -0.2) is 53.2 Å². The highest BCUT2D eigenvalue weighted by atomic mass is 16.5. The van der Waals surface area contributed by atoms with Crippen molar-refractivity contribution in [2.45, 2.75) is 51.6 Å². The second-order valence-electron chi connectivity index (χ2n) is 4.73. The van der Waals surface area contributed by atoms with Crippen LogP contribution in [0.5, 0.6) is 0 Å². The lowest BCUT2D eigenvalue weighted by atomic mass is 10.2. The summed E-state index contributed by atoms with van der Waals surface area (Å²) in [6.45, 7) is 4.25. The fourth-order valence-electron chi connectivity index (χ4n) is 2.27. The van der Waals surface area contributed by atoms with Gasteiger partial charge in [0.25, 0.3) is 0 Å². The Morgan fingerprint density at radius 1 is 1.40 bits per heavy atom. The Morgan fingerprint density at radius 3 is 2.65 bits per heavy atom. The number of hydrogen-bond acceptors (Lipinski definition) is 4. The van der Waals surface area contributed by atoms with E-state index in [-0.39, 0.29) is 6.61 Å². The van der Waals surface area contributed by atoms with Crippen molar-refractivity contribution >= 4 is 18.0 Å². The van der Waals surface area contributed by atoms with E-state index in [1.165, 1.54) is 4.90 Å². The number of carbonyl (C=O) groups excluding carboxylic acids is 2. The molecule has 2 atom stereocenters. The molecule has 7 heteroatoms. The zero-order valence-corrected chi connectivity index (χ0v) is 11.9. The Kier molecular flexibility index (Phi) is 6.27. The number of nitrogens with one attached hydrogen (secondary N) is 1. The van der Waals surface area contributed by atoms with Crippen LogP contribution in [0.2, 0.25) is 0 Å². The van der Waals surface area contributed by atoms with Crippen molar-refractivity contribution in [3.8, 4) is 0 Å². The van der Waals surface area contributed by atoms with Gasteiger partial charge >= 0.3 is 18.0 Å². The van der Waals surface area contributed by atoms with Gasteiger partial charge in [-0.2, -0.15) is 0 Å². The van der Waals surface area contributed by atoms with Gasteiger partial charge in [0.1, 0.15) is 12.1 Å². The molecule has 1 saturated heterocycles. The number of urea groups is 1. The van der Waals surface area contributed by atoms with Gasteiger partial charge in [-0.3, -0.25) is 0 Å². The van der Waals surface area contributed by atoms with Gasteiger partial charge in [0.05, 0.1) is 6.61 Å². The zero-order chi connectivity index (χ0) is 15.1. The molecule has 0 aromatic rings. The maximum absolute atomic E-state index is 12.1. The highest BCUT2D eigenvalue weighted by Crippen LogP contribution is 2.18. The second kappa shape index (κ2) is 7.72. The smallest absolute Gasteiger partial charge is 0.328 e. The summed E-state index contributed by atoms with van der Waals surface area (Å²) in [4.78, 5) is 36.2. The third kappa shape index (κ3) is 4.11. The van der Waals surface area contributed by atoms with Gasteiger partial charge in [-0.05, 0) is 26.2 Å². The molecule has 0 saturated carbocycles. The maximum Gasteiger partial charge on any atom is 0.328 e. The third-order valence-electron chi connectivity index (χ3n) is 3.25. The molecule has 0 aliphatic carbocycles. The van der Waals surface area contributed by atoms with E-state index in [1.54, 1.807) is 6.92 Å². The lowest BCUT2D eigenvalue weighted by Gasteiger charge is -2.25. The van der Waals surface area contributed by atoms with E-state index in [0.29, 0.717) is 32.2 Å². The minimum atomic E-state index is -1.06. The van der Waals surface area contributed by atoms with Gasteiger partial charge in [-0.25, -0.2) is 14.4 Å². The minimum absolute atomic E-state index is 0.262. The molecule has 1 aliphatic rings. The summed E-state index contributed by atoms with van der Waals surface area (Å²) >= 11 is 0. The standard InChI is InChI=1S/C13H22N2O5/c1-3-6-9(11(16)17)14-13(19)15-8-5-7-10(15)12(18)20-4-2/h9-10H,3-8H2,1-2H3,(H,14,19)(H,16,17). The first kappa shape index (κ1) is 16.3. The van der Waals surface area contributed by atoms with Crippen molar-refractivity contribution in [1.82, 2.24) is 10.2 Å². The number of nitrogens with zero attached hydrogens (tertiary/aromatic N) is 1. The van der Waals surface area contributed by atoms with Gasteiger partial charge in [-0.1, -0.05) is 13.3 Å². The van der Waals surface area contributed by atoms with Crippen LogP contribution in [0, 0.1) is 0 Å². The van der Waals surface area contributed by atoms with Gasteiger partial charge < -0.3 is 20.1 Å². The van der Waals surface area contributed by atoms with Crippen LogP contribution in [0.15, 0.2) is 0 Å². The molecule has 7 nitrogen and oxygen atoms in total. The number of likely N-dealkylation sites (tertiary alicyclic amines) is 1. The molecule has 0 aromatic heterocycles. The van der Waals surface area contributed by atoms with Gasteiger partial charge in [0.15, 0.2) is 0 Å². The highest BCUT2D eigenvalue weighted by molar-refractivity contribution is 5.87. The van der Waals surface area contributed by atoms with Crippen LogP contribution in [-0.2, 0) is 14.3 Å². The molecule has 0 radical (unpaired) electrons. The van der Waals surface area contributed by atoms with Crippen LogP contribution < -0.4 is 5.32 Å². The Labute approximate surface area is 118 Å². The van der Waals surface area contributed by atoms with Gasteiger partial charge in [-0.15, -0.1) is 0 Å². The number of hydrogen-bond donors (Lipinski definition) is 2. The van der Waals surface area contributed by atoms with Crippen molar-refractivity contribution < 1.29 is 24.2 Å². The molecule has 0 spiro atoms. The number of amides is 2. The van der Waals surface area contributed by atoms with Crippen molar-refractivity contribution in [2.24, 2.45) is 0 Å². The predicted octanol–water partition coefficient (Wildman–Crippen LogP) is 0.977. The SMILES string of the molecule is CCCC(NC(=O)N1CCCC1C(=O)OCC)C(=O)O. The number of carboxylic acid groups (broad SMARTS) is 1. The molecule has 2 N–H and O–H groups in total. The topological polar surface area (TPSA) is 95.9 Å². The Morgan fingerprint density at radius 2 is 2.10 bits per heavy atom. The first-order valence-electron chi connectivity index (χ1n) is 6.97. The second-order valence-corrected chi connectivity index (χ2v) is 4.73. The molecule has 2 amide bonds. The summed E-state index contributed by atoms with van der Waals surface area (Å²) in [5.74, 6) is -1.49. The van der Waals surface area contributed by atoms with Crippen molar-refractivity contribution in [3.05, 3.63) is 0 Å². The molecule has 0 aromatic carbocycles. The summed E-state index contributed by atoms with van der Waals surface area (Å²) in [5, 5.41) is 11.5. The minimum Gasteiger partial charge on any atom is -0.480 e. The van der Waals surface area contributed by atoms with E-state index in [0.717, 1.165) is 0 Å². The molecule has 2 unspecified atom stereocenters. The first-order valence-corrected chi connectivity index (χ1v) is 6.97. The quantitative estimate of drug-likeness (QED) is 0.709. The molecule has 1 fully saturated rings. The van der Waals surface area contributed by atoms with Crippen LogP contribution in [0.4, 0.5) is 4.79 Å². The molecule has 1 heterocycles. The van der Waals surface area contributed by atoms with Crippen LogP contribution in [0.1, 0.15) is 39.5 Å². The summed E-state index contributed by atoms with van der Waals surface area (Å²) in [6, 6.07) is -2.04. The lowest BCUT2D eigenvalue weighted by molar-refractivity contribution is -0.147. The summed E-state index contributed by atoms with van der Waals surface area (Å²) in [5.41, 5.74) is 0. The van der Waals surface area contributed by atoms with Crippen molar-refractivity contribution in [1.29, 1.82) is 0 Å². The van der Waals surface area contributed by atoms with Crippen molar-refractivity contribution in [2.75, 3.05) is 13.2 Å². The number of aliphatic carboxylic acids is 1. The Balaban J connectivity index is 2.65. The molecule has 114 valence electrons. The summed E-state index contributed by atoms with van der Waals surface area (Å²) in [6.07, 6.45) is 2.28. The van der Waals surface area contributed by atoms with Crippen LogP contribution in [0.25, 0.3) is 0 Å². The van der Waals surface area contributed by atoms with Crippen molar-refractivity contribution in [3.63, 3.8) is 0 Å². The predicted molar refractivity (Wildman–Crippen MR) is 71.2 cm³/mol.